The predicted octanol–water partition coefficient (Wildman–Crippen LogP) is 4.39. The first-order valence-corrected chi connectivity index (χ1v) is 7.98. The SMILES string of the molecule is CC1CCC(N(C)C(=O)c2cc(S)ccc2Br)CC1. The van der Waals surface area contributed by atoms with Crippen LogP contribution in [-0.4, -0.2) is 23.9 Å². The Hall–Kier alpha value is -0.480. The molecule has 2 rings (SSSR count). The number of nitrogens with zero attached hydrogens (tertiary/aromatic N) is 1. The lowest BCUT2D eigenvalue weighted by Gasteiger charge is -2.33. The Bertz CT molecular complexity index is 469. The molecule has 1 amide bonds. The number of halogens is 1. The van der Waals surface area contributed by atoms with Gasteiger partial charge in [0.1, 0.15) is 0 Å². The van der Waals surface area contributed by atoms with E-state index in [-0.39, 0.29) is 5.91 Å². The highest BCUT2D eigenvalue weighted by Gasteiger charge is 2.26. The number of rotatable bonds is 2. The molecule has 19 heavy (non-hydrogen) atoms. The number of hydrogen-bond acceptors (Lipinski definition) is 2. The molecular formula is C15H20BrNOS. The van der Waals surface area contributed by atoms with Crippen LogP contribution in [0.3, 0.4) is 0 Å². The summed E-state index contributed by atoms with van der Waals surface area (Å²) in [5.74, 6) is 0.884. The Morgan fingerprint density at radius 2 is 1.95 bits per heavy atom. The van der Waals surface area contributed by atoms with Gasteiger partial charge in [-0.15, -0.1) is 12.6 Å². The molecule has 104 valence electrons. The Balaban J connectivity index is 2.12. The van der Waals surface area contributed by atoms with E-state index in [9.17, 15) is 4.79 Å². The van der Waals surface area contributed by atoms with Gasteiger partial charge >= 0.3 is 0 Å². The molecule has 0 aromatic heterocycles. The van der Waals surface area contributed by atoms with Gasteiger partial charge in [-0.25, -0.2) is 0 Å². The molecule has 2 nitrogen and oxygen atoms in total. The quantitative estimate of drug-likeness (QED) is 0.791. The first-order chi connectivity index (χ1) is 8.99. The summed E-state index contributed by atoms with van der Waals surface area (Å²) in [6, 6.07) is 5.97. The summed E-state index contributed by atoms with van der Waals surface area (Å²) in [5.41, 5.74) is 0.702. The van der Waals surface area contributed by atoms with E-state index in [1.54, 1.807) is 0 Å². The van der Waals surface area contributed by atoms with Gasteiger partial charge in [0.25, 0.3) is 5.91 Å². The van der Waals surface area contributed by atoms with Crippen LogP contribution >= 0.6 is 28.6 Å². The van der Waals surface area contributed by atoms with Crippen LogP contribution in [0, 0.1) is 5.92 Å². The summed E-state index contributed by atoms with van der Waals surface area (Å²) in [4.78, 5) is 15.3. The van der Waals surface area contributed by atoms with E-state index in [0.29, 0.717) is 11.6 Å². The second-order valence-electron chi connectivity index (χ2n) is 5.49. The molecule has 0 saturated heterocycles. The van der Waals surface area contributed by atoms with Crippen molar-refractivity contribution < 1.29 is 4.79 Å². The summed E-state index contributed by atoms with van der Waals surface area (Å²) in [7, 11) is 1.92. The molecule has 1 aromatic rings. The number of thiol groups is 1. The van der Waals surface area contributed by atoms with Gasteiger partial charge in [0.05, 0.1) is 5.56 Å². The Labute approximate surface area is 129 Å². The topological polar surface area (TPSA) is 20.3 Å². The van der Waals surface area contributed by atoms with Crippen LogP contribution in [0.1, 0.15) is 43.0 Å². The van der Waals surface area contributed by atoms with E-state index in [0.717, 1.165) is 28.1 Å². The first-order valence-electron chi connectivity index (χ1n) is 6.74. The van der Waals surface area contributed by atoms with E-state index < -0.39 is 0 Å². The van der Waals surface area contributed by atoms with Crippen LogP contribution in [0.2, 0.25) is 0 Å². The van der Waals surface area contributed by atoms with Crippen molar-refractivity contribution in [3.8, 4) is 0 Å². The molecule has 0 radical (unpaired) electrons. The van der Waals surface area contributed by atoms with Crippen LogP contribution in [0.4, 0.5) is 0 Å². The van der Waals surface area contributed by atoms with Crippen LogP contribution in [0.15, 0.2) is 27.6 Å². The van der Waals surface area contributed by atoms with Crippen molar-refractivity contribution in [2.24, 2.45) is 5.92 Å². The van der Waals surface area contributed by atoms with Crippen molar-refractivity contribution in [2.45, 2.75) is 43.5 Å². The normalized spacial score (nSPS) is 23.2. The number of carbonyl (C=O) groups is 1. The summed E-state index contributed by atoms with van der Waals surface area (Å²) in [6.45, 7) is 2.29. The summed E-state index contributed by atoms with van der Waals surface area (Å²) >= 11 is 7.76. The monoisotopic (exact) mass is 341 g/mol. The highest BCUT2D eigenvalue weighted by molar-refractivity contribution is 9.10. The van der Waals surface area contributed by atoms with Gasteiger partial charge < -0.3 is 4.90 Å². The second-order valence-corrected chi connectivity index (χ2v) is 6.86. The van der Waals surface area contributed by atoms with E-state index in [1.165, 1.54) is 12.8 Å². The minimum absolute atomic E-state index is 0.0855. The summed E-state index contributed by atoms with van der Waals surface area (Å²) < 4.78 is 0.839. The fourth-order valence-electron chi connectivity index (χ4n) is 2.66. The maximum Gasteiger partial charge on any atom is 0.255 e. The third-order valence-electron chi connectivity index (χ3n) is 4.03. The van der Waals surface area contributed by atoms with Gasteiger partial charge in [-0.3, -0.25) is 4.79 Å². The standard InChI is InChI=1S/C15H20BrNOS/c1-10-3-5-11(6-4-10)17(2)15(18)13-9-12(19)7-8-14(13)16/h7-11,19H,3-6H2,1-2H3. The maximum absolute atomic E-state index is 12.6. The van der Waals surface area contributed by atoms with Crippen molar-refractivity contribution in [3.63, 3.8) is 0 Å². The molecular weight excluding hydrogens is 322 g/mol. The van der Waals surface area contributed by atoms with E-state index >= 15 is 0 Å². The highest BCUT2D eigenvalue weighted by Crippen LogP contribution is 2.28. The van der Waals surface area contributed by atoms with Crippen molar-refractivity contribution in [1.82, 2.24) is 4.90 Å². The largest absolute Gasteiger partial charge is 0.339 e. The maximum atomic E-state index is 12.6. The minimum atomic E-state index is 0.0855. The zero-order chi connectivity index (χ0) is 14.0. The number of carbonyl (C=O) groups excluding carboxylic acids is 1. The lowest BCUT2D eigenvalue weighted by Crippen LogP contribution is -2.39. The number of benzene rings is 1. The van der Waals surface area contributed by atoms with Gasteiger partial charge in [0.2, 0.25) is 0 Å². The molecule has 0 aliphatic heterocycles. The Kier molecular flexibility index (Phi) is 4.96. The van der Waals surface area contributed by atoms with E-state index in [1.807, 2.05) is 30.1 Å². The molecule has 0 N–H and O–H groups in total. The zero-order valence-corrected chi connectivity index (χ0v) is 13.9. The molecule has 1 saturated carbocycles. The van der Waals surface area contributed by atoms with Gasteiger partial charge in [0.15, 0.2) is 0 Å². The van der Waals surface area contributed by atoms with Gasteiger partial charge in [-0.2, -0.15) is 0 Å². The van der Waals surface area contributed by atoms with Gasteiger partial charge in [-0.1, -0.05) is 6.92 Å². The molecule has 0 spiro atoms. The minimum Gasteiger partial charge on any atom is -0.339 e. The van der Waals surface area contributed by atoms with Crippen molar-refractivity contribution >= 4 is 34.5 Å². The van der Waals surface area contributed by atoms with Crippen LogP contribution in [-0.2, 0) is 0 Å². The van der Waals surface area contributed by atoms with Gasteiger partial charge in [-0.05, 0) is 65.7 Å². The Morgan fingerprint density at radius 3 is 2.58 bits per heavy atom. The van der Waals surface area contributed by atoms with Crippen molar-refractivity contribution in [1.29, 1.82) is 0 Å². The molecule has 1 aliphatic rings. The number of amides is 1. The van der Waals surface area contributed by atoms with Crippen LogP contribution in [0.5, 0.6) is 0 Å². The third-order valence-corrected chi connectivity index (χ3v) is 5.00. The van der Waals surface area contributed by atoms with Crippen LogP contribution < -0.4 is 0 Å². The fraction of sp³-hybridized carbons (Fsp3) is 0.533. The van der Waals surface area contributed by atoms with Crippen molar-refractivity contribution in [3.05, 3.63) is 28.2 Å². The zero-order valence-electron chi connectivity index (χ0n) is 11.4. The predicted molar refractivity (Wildman–Crippen MR) is 84.9 cm³/mol. The molecule has 0 bridgehead atoms. The van der Waals surface area contributed by atoms with Crippen molar-refractivity contribution in [2.75, 3.05) is 7.05 Å². The molecule has 1 aliphatic carbocycles. The number of hydrogen-bond donors (Lipinski definition) is 1. The Morgan fingerprint density at radius 1 is 1.32 bits per heavy atom. The molecule has 0 unspecified atom stereocenters. The van der Waals surface area contributed by atoms with Crippen LogP contribution in [0.25, 0.3) is 0 Å². The lowest BCUT2D eigenvalue weighted by atomic mass is 9.86. The summed E-state index contributed by atoms with van der Waals surface area (Å²) in [6.07, 6.45) is 4.66. The third kappa shape index (κ3) is 3.54. The average molecular weight is 342 g/mol. The van der Waals surface area contributed by atoms with Gasteiger partial charge in [0, 0.05) is 22.5 Å². The van der Waals surface area contributed by atoms with E-state index in [4.69, 9.17) is 0 Å². The molecule has 1 fully saturated rings. The molecule has 1 aromatic carbocycles. The molecule has 0 heterocycles. The smallest absolute Gasteiger partial charge is 0.255 e. The highest BCUT2D eigenvalue weighted by atomic mass is 79.9. The average Bonchev–Trinajstić information content (AvgIpc) is 2.41. The first kappa shape index (κ1) is 14.9. The molecule has 4 heteroatoms. The fourth-order valence-corrected chi connectivity index (χ4v) is 3.28. The molecule has 0 atom stereocenters. The lowest BCUT2D eigenvalue weighted by molar-refractivity contribution is 0.0678. The second kappa shape index (κ2) is 6.31. The summed E-state index contributed by atoms with van der Waals surface area (Å²) in [5, 5.41) is 0. The van der Waals surface area contributed by atoms with E-state index in [2.05, 4.69) is 35.5 Å².